The zero-order chi connectivity index (χ0) is 17.1. The maximum absolute atomic E-state index is 12.5. The smallest absolute Gasteiger partial charge is 0.272 e. The molecule has 0 spiro atoms. The van der Waals surface area contributed by atoms with Crippen molar-refractivity contribution < 1.29 is 9.53 Å². The lowest BCUT2D eigenvalue weighted by Gasteiger charge is -2.14. The highest BCUT2D eigenvalue weighted by Crippen LogP contribution is 2.32. The first-order chi connectivity index (χ1) is 11.6. The van der Waals surface area contributed by atoms with Crippen molar-refractivity contribution in [3.8, 4) is 0 Å². The van der Waals surface area contributed by atoms with E-state index in [1.807, 2.05) is 18.2 Å². The predicted octanol–water partition coefficient (Wildman–Crippen LogP) is 1.96. The molecule has 7 heteroatoms. The van der Waals surface area contributed by atoms with Gasteiger partial charge in [-0.2, -0.15) is 5.10 Å². The van der Waals surface area contributed by atoms with Crippen LogP contribution in [0.4, 0.5) is 0 Å². The first-order valence-electron chi connectivity index (χ1n) is 7.75. The molecule has 0 saturated heterocycles. The molecule has 1 aliphatic carbocycles. The van der Waals surface area contributed by atoms with Gasteiger partial charge in [0.2, 0.25) is 0 Å². The summed E-state index contributed by atoms with van der Waals surface area (Å²) in [7, 11) is 1.55. The molecule has 1 N–H and O–H groups in total. The summed E-state index contributed by atoms with van der Waals surface area (Å²) in [6, 6.07) is 8.44. The number of aryl methyl sites for hydroxylation is 1. The Morgan fingerprint density at radius 2 is 2.25 bits per heavy atom. The molecule has 1 atom stereocenters. The average molecular weight is 348 g/mol. The first-order valence-corrected chi connectivity index (χ1v) is 8.12. The van der Waals surface area contributed by atoms with Gasteiger partial charge in [0.15, 0.2) is 0 Å². The van der Waals surface area contributed by atoms with E-state index in [0.717, 1.165) is 24.0 Å². The third kappa shape index (κ3) is 3.49. The van der Waals surface area contributed by atoms with Gasteiger partial charge < -0.3 is 10.1 Å². The largest absolute Gasteiger partial charge is 0.383 e. The number of methoxy groups -OCH3 is 1. The Morgan fingerprint density at radius 1 is 1.42 bits per heavy atom. The number of benzene rings is 1. The summed E-state index contributed by atoms with van der Waals surface area (Å²) in [4.78, 5) is 24.2. The number of halogens is 1. The van der Waals surface area contributed by atoms with Crippen LogP contribution in [-0.4, -0.2) is 29.4 Å². The monoisotopic (exact) mass is 347 g/mol. The van der Waals surface area contributed by atoms with Crippen LogP contribution in [0.1, 0.15) is 34.1 Å². The van der Waals surface area contributed by atoms with Crippen molar-refractivity contribution in [2.45, 2.75) is 25.4 Å². The van der Waals surface area contributed by atoms with Crippen LogP contribution in [0.15, 0.2) is 35.1 Å². The van der Waals surface area contributed by atoms with Gasteiger partial charge in [-0.25, -0.2) is 4.68 Å². The van der Waals surface area contributed by atoms with Crippen LogP contribution in [0.25, 0.3) is 0 Å². The second-order valence-corrected chi connectivity index (χ2v) is 6.12. The van der Waals surface area contributed by atoms with Gasteiger partial charge in [0.1, 0.15) is 5.69 Å². The number of hydrogen-bond donors (Lipinski definition) is 1. The van der Waals surface area contributed by atoms with Gasteiger partial charge in [0, 0.05) is 18.2 Å². The van der Waals surface area contributed by atoms with Crippen LogP contribution in [0.2, 0.25) is 5.02 Å². The molecular weight excluding hydrogens is 330 g/mol. The quantitative estimate of drug-likeness (QED) is 0.897. The Bertz CT molecular complexity index is 819. The Morgan fingerprint density at radius 3 is 3.04 bits per heavy atom. The molecule has 0 bridgehead atoms. The summed E-state index contributed by atoms with van der Waals surface area (Å²) in [5.74, 6) is -0.297. The summed E-state index contributed by atoms with van der Waals surface area (Å²) >= 11 is 6.01. The Labute approximate surface area is 144 Å². The number of fused-ring (bicyclic) bond motifs is 1. The minimum Gasteiger partial charge on any atom is -0.383 e. The lowest BCUT2D eigenvalue weighted by Crippen LogP contribution is -2.32. The van der Waals surface area contributed by atoms with Crippen molar-refractivity contribution >= 4 is 17.5 Å². The summed E-state index contributed by atoms with van der Waals surface area (Å²) < 4.78 is 6.18. The lowest BCUT2D eigenvalue weighted by atomic mass is 10.1. The third-order valence-electron chi connectivity index (χ3n) is 4.09. The second-order valence-electron chi connectivity index (χ2n) is 5.68. The molecule has 1 aromatic heterocycles. The van der Waals surface area contributed by atoms with E-state index in [0.29, 0.717) is 18.2 Å². The normalized spacial score (nSPS) is 16.0. The molecule has 6 nitrogen and oxygen atoms in total. The van der Waals surface area contributed by atoms with Gasteiger partial charge in [0.25, 0.3) is 11.5 Å². The van der Waals surface area contributed by atoms with Crippen molar-refractivity contribution in [3.63, 3.8) is 0 Å². The number of ether oxygens (including phenoxy) is 1. The van der Waals surface area contributed by atoms with Crippen molar-refractivity contribution in [2.24, 2.45) is 0 Å². The van der Waals surface area contributed by atoms with Gasteiger partial charge in [-0.1, -0.05) is 17.7 Å². The van der Waals surface area contributed by atoms with Gasteiger partial charge in [-0.3, -0.25) is 9.59 Å². The number of amides is 1. The minimum absolute atomic E-state index is 0.0640. The number of aromatic nitrogens is 2. The van der Waals surface area contributed by atoms with E-state index in [2.05, 4.69) is 10.4 Å². The molecule has 3 rings (SSSR count). The molecule has 1 aliphatic rings. The fraction of sp³-hybridized carbons (Fsp3) is 0.353. The topological polar surface area (TPSA) is 73.2 Å². The number of hydrogen-bond acceptors (Lipinski definition) is 4. The molecule has 0 saturated carbocycles. The summed E-state index contributed by atoms with van der Waals surface area (Å²) in [5.41, 5.74) is 2.20. The number of carbonyl (C=O) groups is 1. The van der Waals surface area contributed by atoms with Crippen LogP contribution in [-0.2, 0) is 17.7 Å². The fourth-order valence-electron chi connectivity index (χ4n) is 2.88. The second kappa shape index (κ2) is 7.15. The average Bonchev–Trinajstić information content (AvgIpc) is 2.96. The SMILES string of the molecule is COCCn1nc(C(=O)NC2CCc3cc(Cl)ccc32)ccc1=O. The highest BCUT2D eigenvalue weighted by Gasteiger charge is 2.25. The summed E-state index contributed by atoms with van der Waals surface area (Å²) in [6.45, 7) is 0.663. The van der Waals surface area contributed by atoms with Crippen LogP contribution >= 0.6 is 11.6 Å². The highest BCUT2D eigenvalue weighted by atomic mass is 35.5. The van der Waals surface area contributed by atoms with Crippen LogP contribution < -0.4 is 10.9 Å². The van der Waals surface area contributed by atoms with E-state index >= 15 is 0 Å². The Kier molecular flexibility index (Phi) is 4.97. The molecule has 1 unspecified atom stereocenters. The Hall–Kier alpha value is -2.18. The minimum atomic E-state index is -0.297. The molecular formula is C17H18ClN3O3. The van der Waals surface area contributed by atoms with Crippen LogP contribution in [0, 0.1) is 0 Å². The molecule has 0 fully saturated rings. The third-order valence-corrected chi connectivity index (χ3v) is 4.33. The highest BCUT2D eigenvalue weighted by molar-refractivity contribution is 6.30. The van der Waals surface area contributed by atoms with E-state index in [9.17, 15) is 9.59 Å². The van der Waals surface area contributed by atoms with Gasteiger partial charge >= 0.3 is 0 Å². The molecule has 24 heavy (non-hydrogen) atoms. The molecule has 1 aromatic carbocycles. The van der Waals surface area contributed by atoms with Gasteiger partial charge in [-0.05, 0) is 42.2 Å². The standard InChI is InChI=1S/C17H18ClN3O3/c1-24-9-8-21-16(22)7-6-15(20-21)17(23)19-14-5-2-11-10-12(18)3-4-13(11)14/h3-4,6-7,10,14H,2,5,8-9H2,1H3,(H,19,23). The van der Waals surface area contributed by atoms with Crippen molar-refractivity contribution in [2.75, 3.05) is 13.7 Å². The predicted molar refractivity (Wildman–Crippen MR) is 90.4 cm³/mol. The van der Waals surface area contributed by atoms with E-state index in [1.54, 1.807) is 7.11 Å². The van der Waals surface area contributed by atoms with E-state index in [1.165, 1.54) is 16.8 Å². The maximum Gasteiger partial charge on any atom is 0.272 e. The molecule has 0 aliphatic heterocycles. The van der Waals surface area contributed by atoms with E-state index in [-0.39, 0.29) is 23.2 Å². The Balaban J connectivity index is 1.76. The van der Waals surface area contributed by atoms with Crippen molar-refractivity contribution in [3.05, 3.63) is 62.5 Å². The van der Waals surface area contributed by atoms with Gasteiger partial charge in [0.05, 0.1) is 19.2 Å². The van der Waals surface area contributed by atoms with E-state index in [4.69, 9.17) is 16.3 Å². The van der Waals surface area contributed by atoms with Crippen molar-refractivity contribution in [1.82, 2.24) is 15.1 Å². The summed E-state index contributed by atoms with van der Waals surface area (Å²) in [6.07, 6.45) is 1.70. The van der Waals surface area contributed by atoms with Crippen LogP contribution in [0.3, 0.4) is 0 Å². The van der Waals surface area contributed by atoms with Crippen LogP contribution in [0.5, 0.6) is 0 Å². The zero-order valence-electron chi connectivity index (χ0n) is 13.3. The first kappa shape index (κ1) is 16.7. The summed E-state index contributed by atoms with van der Waals surface area (Å²) in [5, 5.41) is 7.80. The lowest BCUT2D eigenvalue weighted by molar-refractivity contribution is 0.0928. The van der Waals surface area contributed by atoms with Gasteiger partial charge in [-0.15, -0.1) is 0 Å². The molecule has 2 aromatic rings. The molecule has 1 amide bonds. The molecule has 1 heterocycles. The fourth-order valence-corrected chi connectivity index (χ4v) is 3.07. The molecule has 0 radical (unpaired) electrons. The maximum atomic E-state index is 12.5. The number of carbonyl (C=O) groups excluding carboxylic acids is 1. The van der Waals surface area contributed by atoms with Crippen molar-refractivity contribution in [1.29, 1.82) is 0 Å². The number of nitrogens with zero attached hydrogens (tertiary/aromatic N) is 2. The number of nitrogens with one attached hydrogen (secondary N) is 1. The molecule has 126 valence electrons. The van der Waals surface area contributed by atoms with E-state index < -0.39 is 0 Å². The zero-order valence-corrected chi connectivity index (χ0v) is 14.0. The number of rotatable bonds is 5.